The second-order valence-electron chi connectivity index (χ2n) is 5.30. The molecule has 1 rings (SSSR count). The summed E-state index contributed by atoms with van der Waals surface area (Å²) in [5.74, 6) is 0.0708. The lowest BCUT2D eigenvalue weighted by molar-refractivity contribution is -0.131. The Morgan fingerprint density at radius 1 is 1.16 bits per heavy atom. The molecule has 0 radical (unpaired) electrons. The smallest absolute Gasteiger partial charge is 0.236 e. The molecular formula is C14H27N3O2. The molecule has 1 unspecified atom stereocenters. The van der Waals surface area contributed by atoms with Crippen LogP contribution in [0.2, 0.25) is 0 Å². The molecule has 19 heavy (non-hydrogen) atoms. The predicted molar refractivity (Wildman–Crippen MR) is 75.8 cm³/mol. The zero-order valence-corrected chi connectivity index (χ0v) is 12.2. The van der Waals surface area contributed by atoms with Crippen LogP contribution in [0.3, 0.4) is 0 Å². The lowest BCUT2D eigenvalue weighted by atomic mass is 10.1. The predicted octanol–water partition coefficient (Wildman–Crippen LogP) is 0.893. The molecule has 0 aliphatic carbocycles. The van der Waals surface area contributed by atoms with Gasteiger partial charge >= 0.3 is 0 Å². The molecule has 1 atom stereocenters. The van der Waals surface area contributed by atoms with Gasteiger partial charge in [0.25, 0.3) is 0 Å². The van der Waals surface area contributed by atoms with Crippen molar-refractivity contribution >= 4 is 11.8 Å². The highest BCUT2D eigenvalue weighted by Gasteiger charge is 2.16. The van der Waals surface area contributed by atoms with Gasteiger partial charge in [-0.15, -0.1) is 0 Å². The molecule has 2 N–H and O–H groups in total. The maximum absolute atomic E-state index is 11.8. The minimum Gasteiger partial charge on any atom is -0.353 e. The third kappa shape index (κ3) is 6.57. The number of carbonyl (C=O) groups is 2. The molecule has 1 aliphatic rings. The Hall–Kier alpha value is -1.10. The highest BCUT2D eigenvalue weighted by molar-refractivity contribution is 5.81. The van der Waals surface area contributed by atoms with Gasteiger partial charge in [-0.25, -0.2) is 0 Å². The van der Waals surface area contributed by atoms with E-state index >= 15 is 0 Å². The van der Waals surface area contributed by atoms with E-state index < -0.39 is 0 Å². The molecule has 1 aliphatic heterocycles. The van der Waals surface area contributed by atoms with Crippen molar-refractivity contribution in [2.75, 3.05) is 26.2 Å². The van der Waals surface area contributed by atoms with Crippen LogP contribution in [0.1, 0.15) is 46.0 Å². The van der Waals surface area contributed by atoms with E-state index in [1.807, 2.05) is 11.8 Å². The summed E-state index contributed by atoms with van der Waals surface area (Å²) in [5, 5.41) is 5.83. The number of rotatable bonds is 7. The van der Waals surface area contributed by atoms with Crippen LogP contribution < -0.4 is 10.6 Å². The van der Waals surface area contributed by atoms with Crippen molar-refractivity contribution < 1.29 is 9.59 Å². The van der Waals surface area contributed by atoms with Gasteiger partial charge in [0.05, 0.1) is 13.1 Å². The van der Waals surface area contributed by atoms with Gasteiger partial charge in [0, 0.05) is 19.1 Å². The van der Waals surface area contributed by atoms with Crippen molar-refractivity contribution in [3.63, 3.8) is 0 Å². The number of likely N-dealkylation sites (tertiary alicyclic amines) is 1. The lowest BCUT2D eigenvalue weighted by Crippen LogP contribution is -2.44. The Balaban J connectivity index is 2.11. The topological polar surface area (TPSA) is 61.4 Å². The van der Waals surface area contributed by atoms with E-state index in [1.54, 1.807) is 0 Å². The first-order valence-corrected chi connectivity index (χ1v) is 7.41. The molecule has 2 amide bonds. The van der Waals surface area contributed by atoms with Crippen molar-refractivity contribution in [1.29, 1.82) is 0 Å². The summed E-state index contributed by atoms with van der Waals surface area (Å²) >= 11 is 0. The molecule has 0 aromatic rings. The average molecular weight is 269 g/mol. The van der Waals surface area contributed by atoms with Gasteiger partial charge < -0.3 is 10.2 Å². The summed E-state index contributed by atoms with van der Waals surface area (Å²) in [4.78, 5) is 25.3. The number of nitrogens with one attached hydrogen (secondary N) is 2. The maximum atomic E-state index is 11.8. The Bertz CT molecular complexity index is 288. The van der Waals surface area contributed by atoms with Crippen LogP contribution in [0.25, 0.3) is 0 Å². The quantitative estimate of drug-likeness (QED) is 0.721. The van der Waals surface area contributed by atoms with Crippen LogP contribution in [-0.2, 0) is 9.59 Å². The molecule has 1 heterocycles. The van der Waals surface area contributed by atoms with E-state index in [2.05, 4.69) is 17.6 Å². The fourth-order valence-electron chi connectivity index (χ4n) is 2.37. The third-order valence-corrected chi connectivity index (χ3v) is 3.40. The van der Waals surface area contributed by atoms with Gasteiger partial charge in [0.1, 0.15) is 0 Å². The fraction of sp³-hybridized carbons (Fsp3) is 0.857. The fourth-order valence-corrected chi connectivity index (χ4v) is 2.37. The number of carbonyl (C=O) groups excluding carboxylic acids is 2. The van der Waals surface area contributed by atoms with Gasteiger partial charge in [-0.3, -0.25) is 14.9 Å². The number of hydrogen-bond donors (Lipinski definition) is 2. The van der Waals surface area contributed by atoms with E-state index in [0.29, 0.717) is 0 Å². The molecule has 5 nitrogen and oxygen atoms in total. The van der Waals surface area contributed by atoms with Crippen LogP contribution in [0, 0.1) is 0 Å². The zero-order chi connectivity index (χ0) is 14.1. The van der Waals surface area contributed by atoms with Crippen molar-refractivity contribution in [3.8, 4) is 0 Å². The first-order chi connectivity index (χ1) is 9.13. The first kappa shape index (κ1) is 16.0. The minimum atomic E-state index is -0.0348. The van der Waals surface area contributed by atoms with Crippen molar-refractivity contribution in [2.24, 2.45) is 0 Å². The molecule has 110 valence electrons. The van der Waals surface area contributed by atoms with E-state index in [1.165, 1.54) is 6.42 Å². The monoisotopic (exact) mass is 269 g/mol. The largest absolute Gasteiger partial charge is 0.353 e. The summed E-state index contributed by atoms with van der Waals surface area (Å²) in [7, 11) is 0. The Labute approximate surface area is 116 Å². The van der Waals surface area contributed by atoms with Crippen LogP contribution >= 0.6 is 0 Å². The summed E-state index contributed by atoms with van der Waals surface area (Å²) in [5.41, 5.74) is 0. The molecule has 0 spiro atoms. The Kier molecular flexibility index (Phi) is 7.48. The van der Waals surface area contributed by atoms with Crippen molar-refractivity contribution in [1.82, 2.24) is 15.5 Å². The highest BCUT2D eigenvalue weighted by atomic mass is 16.2. The number of hydrogen-bond acceptors (Lipinski definition) is 3. The second kappa shape index (κ2) is 8.91. The van der Waals surface area contributed by atoms with Crippen LogP contribution in [0.5, 0.6) is 0 Å². The minimum absolute atomic E-state index is 0.0348. The van der Waals surface area contributed by atoms with Gasteiger partial charge in [-0.05, 0) is 32.6 Å². The summed E-state index contributed by atoms with van der Waals surface area (Å²) in [6, 6.07) is 0.206. The van der Waals surface area contributed by atoms with E-state index in [-0.39, 0.29) is 30.9 Å². The lowest BCUT2D eigenvalue weighted by Gasteiger charge is -2.26. The normalized spacial score (nSPS) is 17.1. The van der Waals surface area contributed by atoms with Crippen molar-refractivity contribution in [3.05, 3.63) is 0 Å². The SMILES string of the molecule is CCCC(C)NC(=O)CNCC(=O)N1CCCCC1. The second-order valence-corrected chi connectivity index (χ2v) is 5.30. The average Bonchev–Trinajstić information content (AvgIpc) is 2.39. The van der Waals surface area contributed by atoms with Crippen molar-refractivity contribution in [2.45, 2.75) is 52.0 Å². The molecule has 0 saturated carbocycles. The molecule has 0 aromatic carbocycles. The summed E-state index contributed by atoms with van der Waals surface area (Å²) in [6.45, 7) is 6.29. The van der Waals surface area contributed by atoms with Gasteiger partial charge in [-0.2, -0.15) is 0 Å². The third-order valence-electron chi connectivity index (χ3n) is 3.40. The number of piperidine rings is 1. The Morgan fingerprint density at radius 2 is 1.84 bits per heavy atom. The molecule has 1 saturated heterocycles. The van der Waals surface area contributed by atoms with Crippen LogP contribution in [0.4, 0.5) is 0 Å². The van der Waals surface area contributed by atoms with Gasteiger partial charge in [0.15, 0.2) is 0 Å². The molecule has 5 heteroatoms. The molecule has 1 fully saturated rings. The summed E-state index contributed by atoms with van der Waals surface area (Å²) < 4.78 is 0. The summed E-state index contributed by atoms with van der Waals surface area (Å²) in [6.07, 6.45) is 5.46. The molecular weight excluding hydrogens is 242 g/mol. The van der Waals surface area contributed by atoms with E-state index in [0.717, 1.165) is 38.8 Å². The number of nitrogens with zero attached hydrogens (tertiary/aromatic N) is 1. The maximum Gasteiger partial charge on any atom is 0.236 e. The van der Waals surface area contributed by atoms with E-state index in [4.69, 9.17) is 0 Å². The first-order valence-electron chi connectivity index (χ1n) is 7.41. The van der Waals surface area contributed by atoms with Gasteiger partial charge in [0.2, 0.25) is 11.8 Å². The molecule has 0 aromatic heterocycles. The standard InChI is InChI=1S/C14H27N3O2/c1-3-7-12(2)16-13(18)10-15-11-14(19)17-8-5-4-6-9-17/h12,15H,3-11H2,1-2H3,(H,16,18). The molecule has 0 bridgehead atoms. The van der Waals surface area contributed by atoms with E-state index in [9.17, 15) is 9.59 Å². The zero-order valence-electron chi connectivity index (χ0n) is 12.2. The van der Waals surface area contributed by atoms with Gasteiger partial charge in [-0.1, -0.05) is 13.3 Å². The number of amides is 2. The van der Waals surface area contributed by atoms with Crippen LogP contribution in [-0.4, -0.2) is 48.9 Å². The highest BCUT2D eigenvalue weighted by Crippen LogP contribution is 2.08. The Morgan fingerprint density at radius 3 is 2.47 bits per heavy atom. The van der Waals surface area contributed by atoms with Crippen LogP contribution in [0.15, 0.2) is 0 Å².